The Kier molecular flexibility index (Phi) is 4.02. The van der Waals surface area contributed by atoms with Crippen molar-refractivity contribution in [3.8, 4) is 5.75 Å². The predicted octanol–water partition coefficient (Wildman–Crippen LogP) is 2.04. The Hall–Kier alpha value is -1.06. The van der Waals surface area contributed by atoms with Crippen molar-refractivity contribution in [2.24, 2.45) is 0 Å². The number of rotatable bonds is 4. The summed E-state index contributed by atoms with van der Waals surface area (Å²) in [5, 5.41) is 9.56. The molecular formula is C14H21NO2. The number of hydrogen-bond donors (Lipinski definition) is 1. The normalized spacial score (nSPS) is 24.2. The zero-order chi connectivity index (χ0) is 12.3. The van der Waals surface area contributed by atoms with Gasteiger partial charge in [-0.05, 0) is 32.4 Å². The summed E-state index contributed by atoms with van der Waals surface area (Å²) in [4.78, 5) is 2.31. The molecule has 0 saturated heterocycles. The van der Waals surface area contributed by atoms with Crippen LogP contribution < -0.4 is 4.74 Å². The van der Waals surface area contributed by atoms with Gasteiger partial charge in [0.15, 0.2) is 0 Å². The lowest BCUT2D eigenvalue weighted by Crippen LogP contribution is -2.29. The lowest BCUT2D eigenvalue weighted by Gasteiger charge is -2.24. The second kappa shape index (κ2) is 5.52. The third-order valence-electron chi connectivity index (χ3n) is 3.61. The molecule has 2 rings (SSSR count). The van der Waals surface area contributed by atoms with Crippen LogP contribution in [0.1, 0.15) is 24.8 Å². The van der Waals surface area contributed by atoms with E-state index in [2.05, 4.69) is 18.0 Å². The number of nitrogens with zero attached hydrogens (tertiary/aromatic N) is 1. The summed E-state index contributed by atoms with van der Waals surface area (Å²) in [6, 6.07) is 8.61. The third kappa shape index (κ3) is 2.99. The lowest BCUT2D eigenvalue weighted by molar-refractivity contribution is 0.160. The molecule has 0 spiro atoms. The minimum Gasteiger partial charge on any atom is -0.496 e. The highest BCUT2D eigenvalue weighted by Crippen LogP contribution is 2.26. The zero-order valence-corrected chi connectivity index (χ0v) is 10.6. The lowest BCUT2D eigenvalue weighted by atomic mass is 10.1. The standard InChI is InChI=1S/C14H21NO2/c1-15(12-7-8-13(16)9-12)10-11-5-3-4-6-14(11)17-2/h3-6,12-13,16H,7-10H2,1-2H3. The summed E-state index contributed by atoms with van der Waals surface area (Å²) in [6.45, 7) is 0.876. The molecule has 1 aliphatic carbocycles. The van der Waals surface area contributed by atoms with Gasteiger partial charge in [0, 0.05) is 18.2 Å². The molecule has 0 aliphatic heterocycles. The van der Waals surface area contributed by atoms with Gasteiger partial charge in [0.25, 0.3) is 0 Å². The van der Waals surface area contributed by atoms with E-state index in [0.717, 1.165) is 31.6 Å². The Labute approximate surface area is 103 Å². The molecule has 0 amide bonds. The van der Waals surface area contributed by atoms with Crippen molar-refractivity contribution in [2.75, 3.05) is 14.2 Å². The van der Waals surface area contributed by atoms with E-state index in [1.807, 2.05) is 18.2 Å². The topological polar surface area (TPSA) is 32.7 Å². The maximum absolute atomic E-state index is 9.56. The first kappa shape index (κ1) is 12.4. The first-order chi connectivity index (χ1) is 8.20. The van der Waals surface area contributed by atoms with E-state index in [1.54, 1.807) is 7.11 Å². The number of ether oxygens (including phenoxy) is 1. The van der Waals surface area contributed by atoms with Gasteiger partial charge in [0.1, 0.15) is 5.75 Å². The Balaban J connectivity index is 2.00. The van der Waals surface area contributed by atoms with Crippen LogP contribution in [-0.2, 0) is 6.54 Å². The molecule has 0 aromatic heterocycles. The first-order valence-corrected chi connectivity index (χ1v) is 6.21. The highest BCUT2D eigenvalue weighted by Gasteiger charge is 2.26. The van der Waals surface area contributed by atoms with Crippen molar-refractivity contribution in [2.45, 2.75) is 38.0 Å². The largest absolute Gasteiger partial charge is 0.496 e. The second-order valence-electron chi connectivity index (χ2n) is 4.85. The molecule has 0 bridgehead atoms. The Bertz CT molecular complexity index is 367. The van der Waals surface area contributed by atoms with E-state index in [-0.39, 0.29) is 6.10 Å². The van der Waals surface area contributed by atoms with Crippen molar-refractivity contribution in [3.05, 3.63) is 29.8 Å². The molecule has 2 atom stereocenters. The quantitative estimate of drug-likeness (QED) is 0.867. The number of hydrogen-bond acceptors (Lipinski definition) is 3. The fraction of sp³-hybridized carbons (Fsp3) is 0.571. The molecule has 1 saturated carbocycles. The highest BCUT2D eigenvalue weighted by atomic mass is 16.5. The smallest absolute Gasteiger partial charge is 0.123 e. The minimum atomic E-state index is -0.111. The van der Waals surface area contributed by atoms with Crippen molar-refractivity contribution in [1.29, 1.82) is 0 Å². The molecule has 94 valence electrons. The Morgan fingerprint density at radius 2 is 2.12 bits per heavy atom. The van der Waals surface area contributed by atoms with Crippen LogP contribution in [0.3, 0.4) is 0 Å². The predicted molar refractivity (Wildman–Crippen MR) is 68.1 cm³/mol. The molecule has 2 unspecified atom stereocenters. The van der Waals surface area contributed by atoms with Gasteiger partial charge in [0.2, 0.25) is 0 Å². The fourth-order valence-electron chi connectivity index (χ4n) is 2.57. The van der Waals surface area contributed by atoms with Crippen LogP contribution >= 0.6 is 0 Å². The van der Waals surface area contributed by atoms with Gasteiger partial charge >= 0.3 is 0 Å². The molecule has 17 heavy (non-hydrogen) atoms. The molecule has 3 nitrogen and oxygen atoms in total. The monoisotopic (exact) mass is 235 g/mol. The van der Waals surface area contributed by atoms with E-state index in [9.17, 15) is 5.11 Å². The van der Waals surface area contributed by atoms with Gasteiger partial charge in [-0.2, -0.15) is 0 Å². The van der Waals surface area contributed by atoms with E-state index in [0.29, 0.717) is 6.04 Å². The van der Waals surface area contributed by atoms with E-state index in [4.69, 9.17) is 4.74 Å². The maximum Gasteiger partial charge on any atom is 0.123 e. The van der Waals surface area contributed by atoms with E-state index >= 15 is 0 Å². The van der Waals surface area contributed by atoms with Crippen LogP contribution in [0.5, 0.6) is 5.75 Å². The fourth-order valence-corrected chi connectivity index (χ4v) is 2.57. The number of benzene rings is 1. The van der Waals surface area contributed by atoms with Crippen molar-refractivity contribution >= 4 is 0 Å². The SMILES string of the molecule is COc1ccccc1CN(C)C1CCC(O)C1. The van der Waals surface area contributed by atoms with Crippen LogP contribution in [0.4, 0.5) is 0 Å². The molecule has 1 fully saturated rings. The van der Waals surface area contributed by atoms with Crippen LogP contribution in [-0.4, -0.2) is 36.3 Å². The van der Waals surface area contributed by atoms with Crippen LogP contribution in [0.25, 0.3) is 0 Å². The molecule has 1 N–H and O–H groups in total. The summed E-state index contributed by atoms with van der Waals surface area (Å²) in [5.74, 6) is 0.942. The molecular weight excluding hydrogens is 214 g/mol. The highest BCUT2D eigenvalue weighted by molar-refractivity contribution is 5.33. The molecule has 1 aromatic rings. The third-order valence-corrected chi connectivity index (χ3v) is 3.61. The van der Waals surface area contributed by atoms with Crippen LogP contribution in [0, 0.1) is 0 Å². The summed E-state index contributed by atoms with van der Waals surface area (Å²) in [7, 11) is 3.83. The molecule has 1 aliphatic rings. The summed E-state index contributed by atoms with van der Waals surface area (Å²) in [5.41, 5.74) is 1.21. The minimum absolute atomic E-state index is 0.111. The molecule has 0 heterocycles. The van der Waals surface area contributed by atoms with Gasteiger partial charge in [0.05, 0.1) is 13.2 Å². The maximum atomic E-state index is 9.56. The molecule has 1 aromatic carbocycles. The van der Waals surface area contributed by atoms with Gasteiger partial charge < -0.3 is 9.84 Å². The summed E-state index contributed by atoms with van der Waals surface area (Å²) < 4.78 is 5.35. The van der Waals surface area contributed by atoms with Gasteiger partial charge in [-0.3, -0.25) is 4.90 Å². The average Bonchev–Trinajstić information content (AvgIpc) is 2.77. The first-order valence-electron chi connectivity index (χ1n) is 6.21. The van der Waals surface area contributed by atoms with Gasteiger partial charge in [-0.15, -0.1) is 0 Å². The Morgan fingerprint density at radius 3 is 2.76 bits per heavy atom. The van der Waals surface area contributed by atoms with E-state index < -0.39 is 0 Å². The summed E-state index contributed by atoms with van der Waals surface area (Å²) in [6.07, 6.45) is 2.81. The van der Waals surface area contributed by atoms with Crippen LogP contribution in [0.15, 0.2) is 24.3 Å². The van der Waals surface area contributed by atoms with Crippen molar-refractivity contribution in [1.82, 2.24) is 4.90 Å². The second-order valence-corrected chi connectivity index (χ2v) is 4.85. The number of aliphatic hydroxyl groups is 1. The number of methoxy groups -OCH3 is 1. The van der Waals surface area contributed by atoms with Crippen LogP contribution in [0.2, 0.25) is 0 Å². The molecule has 3 heteroatoms. The zero-order valence-electron chi connectivity index (χ0n) is 10.6. The van der Waals surface area contributed by atoms with E-state index in [1.165, 1.54) is 5.56 Å². The summed E-state index contributed by atoms with van der Waals surface area (Å²) >= 11 is 0. The van der Waals surface area contributed by atoms with Gasteiger partial charge in [-0.1, -0.05) is 18.2 Å². The Morgan fingerprint density at radius 1 is 1.35 bits per heavy atom. The average molecular weight is 235 g/mol. The van der Waals surface area contributed by atoms with Crippen molar-refractivity contribution < 1.29 is 9.84 Å². The van der Waals surface area contributed by atoms with Crippen molar-refractivity contribution in [3.63, 3.8) is 0 Å². The number of para-hydroxylation sites is 1. The van der Waals surface area contributed by atoms with Gasteiger partial charge in [-0.25, -0.2) is 0 Å². The number of aliphatic hydroxyl groups excluding tert-OH is 1. The molecule has 0 radical (unpaired) electrons.